The van der Waals surface area contributed by atoms with E-state index in [1.807, 2.05) is 49.5 Å². The van der Waals surface area contributed by atoms with E-state index in [1.165, 1.54) is 0 Å². The van der Waals surface area contributed by atoms with Crippen molar-refractivity contribution in [2.24, 2.45) is 7.05 Å². The molecular weight excluding hydrogens is 258 g/mol. The summed E-state index contributed by atoms with van der Waals surface area (Å²) >= 11 is 0. The molecule has 21 heavy (non-hydrogen) atoms. The van der Waals surface area contributed by atoms with Crippen molar-refractivity contribution in [3.63, 3.8) is 0 Å². The molecule has 3 nitrogen and oxygen atoms in total. The topological polar surface area (TPSA) is 29.9 Å². The maximum Gasteiger partial charge on any atom is 0.131 e. The minimum atomic E-state index is 0.0930. The van der Waals surface area contributed by atoms with Gasteiger partial charge in [-0.2, -0.15) is 0 Å². The van der Waals surface area contributed by atoms with Gasteiger partial charge in [0.25, 0.3) is 0 Å². The van der Waals surface area contributed by atoms with Crippen molar-refractivity contribution in [1.82, 2.24) is 9.55 Å². The van der Waals surface area contributed by atoms with E-state index in [0.717, 1.165) is 28.1 Å². The minimum absolute atomic E-state index is 0.0930. The van der Waals surface area contributed by atoms with Crippen LogP contribution in [-0.2, 0) is 7.05 Å². The van der Waals surface area contributed by atoms with Crippen LogP contribution in [0.5, 0.6) is 0 Å². The summed E-state index contributed by atoms with van der Waals surface area (Å²) in [5, 5.41) is 3.46. The van der Waals surface area contributed by atoms with Crippen molar-refractivity contribution in [3.05, 3.63) is 59.9 Å². The van der Waals surface area contributed by atoms with Crippen LogP contribution in [-0.4, -0.2) is 9.55 Å². The van der Waals surface area contributed by atoms with E-state index in [-0.39, 0.29) is 6.04 Å². The van der Waals surface area contributed by atoms with Crippen molar-refractivity contribution < 1.29 is 0 Å². The van der Waals surface area contributed by atoms with Crippen molar-refractivity contribution >= 4 is 16.7 Å². The van der Waals surface area contributed by atoms with Gasteiger partial charge in [0.2, 0.25) is 0 Å². The zero-order valence-electron chi connectivity index (χ0n) is 12.2. The first-order chi connectivity index (χ1) is 10.2. The molecule has 1 heterocycles. The number of anilines is 1. The first-order valence-electron chi connectivity index (χ1n) is 6.93. The molecule has 1 N–H and O–H groups in total. The van der Waals surface area contributed by atoms with Crippen molar-refractivity contribution in [3.8, 4) is 12.3 Å². The third-order valence-corrected chi connectivity index (χ3v) is 3.62. The number of rotatable bonds is 3. The van der Waals surface area contributed by atoms with Gasteiger partial charge >= 0.3 is 0 Å². The van der Waals surface area contributed by atoms with E-state index in [0.29, 0.717) is 0 Å². The molecule has 0 fully saturated rings. The summed E-state index contributed by atoms with van der Waals surface area (Å²) in [6.45, 7) is 2.10. The first-order valence-corrected chi connectivity index (χ1v) is 6.93. The zero-order valence-corrected chi connectivity index (χ0v) is 12.2. The molecule has 0 aliphatic rings. The average molecular weight is 275 g/mol. The van der Waals surface area contributed by atoms with Gasteiger partial charge in [0, 0.05) is 18.3 Å². The number of fused-ring (bicyclic) bond motifs is 1. The molecule has 3 aromatic rings. The van der Waals surface area contributed by atoms with E-state index < -0.39 is 0 Å². The second-order valence-corrected chi connectivity index (χ2v) is 5.11. The van der Waals surface area contributed by atoms with E-state index in [2.05, 4.69) is 28.8 Å². The summed E-state index contributed by atoms with van der Waals surface area (Å²) in [6, 6.07) is 16.1. The Morgan fingerprint density at radius 2 is 2.00 bits per heavy atom. The van der Waals surface area contributed by atoms with E-state index in [4.69, 9.17) is 11.4 Å². The van der Waals surface area contributed by atoms with Crippen LogP contribution in [0.2, 0.25) is 0 Å². The lowest BCUT2D eigenvalue weighted by Gasteiger charge is -2.15. The Bertz CT molecular complexity index is 824. The summed E-state index contributed by atoms with van der Waals surface area (Å²) in [4.78, 5) is 4.71. The molecule has 1 unspecified atom stereocenters. The molecule has 0 bridgehead atoms. The number of nitrogens with zero attached hydrogens (tertiary/aromatic N) is 2. The molecule has 0 saturated heterocycles. The Balaban J connectivity index is 1.91. The molecule has 3 rings (SSSR count). The van der Waals surface area contributed by atoms with Crippen LogP contribution in [0.4, 0.5) is 5.69 Å². The summed E-state index contributed by atoms with van der Waals surface area (Å²) in [5.74, 6) is 3.65. The fourth-order valence-corrected chi connectivity index (χ4v) is 2.56. The number of nitrogens with one attached hydrogen (secondary N) is 1. The van der Waals surface area contributed by atoms with Crippen LogP contribution in [0.15, 0.2) is 48.5 Å². The molecule has 0 amide bonds. The van der Waals surface area contributed by atoms with Gasteiger partial charge in [-0.15, -0.1) is 6.42 Å². The average Bonchev–Trinajstić information content (AvgIpc) is 2.85. The van der Waals surface area contributed by atoms with Gasteiger partial charge in [-0.05, 0) is 37.3 Å². The standard InChI is InChI=1S/C18H17N3/c1-4-14-8-7-9-15(12-14)19-13(2)18-20-16-10-5-6-11-17(16)21(18)3/h1,5-13,19H,2-3H3. The fraction of sp³-hybridized carbons (Fsp3) is 0.167. The Labute approximate surface area is 124 Å². The van der Waals surface area contributed by atoms with Crippen LogP contribution in [0.3, 0.4) is 0 Å². The van der Waals surface area contributed by atoms with Gasteiger partial charge in [-0.25, -0.2) is 4.98 Å². The highest BCUT2D eigenvalue weighted by Crippen LogP contribution is 2.22. The number of aromatic nitrogens is 2. The molecule has 0 saturated carbocycles. The molecular formula is C18H17N3. The second kappa shape index (κ2) is 5.34. The van der Waals surface area contributed by atoms with E-state index >= 15 is 0 Å². The van der Waals surface area contributed by atoms with Gasteiger partial charge in [-0.3, -0.25) is 0 Å². The molecule has 104 valence electrons. The number of hydrogen-bond donors (Lipinski definition) is 1. The van der Waals surface area contributed by atoms with Gasteiger partial charge < -0.3 is 9.88 Å². The largest absolute Gasteiger partial charge is 0.375 e. The molecule has 0 aliphatic carbocycles. The van der Waals surface area contributed by atoms with Gasteiger partial charge in [-0.1, -0.05) is 24.1 Å². The monoisotopic (exact) mass is 275 g/mol. The Morgan fingerprint density at radius 1 is 1.19 bits per heavy atom. The molecule has 0 radical (unpaired) electrons. The predicted molar refractivity (Wildman–Crippen MR) is 87.1 cm³/mol. The molecule has 1 aromatic heterocycles. The number of hydrogen-bond acceptors (Lipinski definition) is 2. The van der Waals surface area contributed by atoms with Crippen LogP contribution in [0.25, 0.3) is 11.0 Å². The highest BCUT2D eigenvalue weighted by Gasteiger charge is 2.14. The van der Waals surface area contributed by atoms with Crippen LogP contribution < -0.4 is 5.32 Å². The highest BCUT2D eigenvalue weighted by atomic mass is 15.1. The van der Waals surface area contributed by atoms with Crippen molar-refractivity contribution in [1.29, 1.82) is 0 Å². The Hall–Kier alpha value is -2.73. The van der Waals surface area contributed by atoms with Gasteiger partial charge in [0.15, 0.2) is 0 Å². The predicted octanol–water partition coefficient (Wildman–Crippen LogP) is 3.73. The fourth-order valence-electron chi connectivity index (χ4n) is 2.56. The lowest BCUT2D eigenvalue weighted by atomic mass is 10.2. The molecule has 1 atom stereocenters. The summed E-state index contributed by atoms with van der Waals surface area (Å²) in [6.07, 6.45) is 5.44. The number of imidazole rings is 1. The maximum absolute atomic E-state index is 5.44. The van der Waals surface area contributed by atoms with E-state index in [9.17, 15) is 0 Å². The molecule has 3 heteroatoms. The summed E-state index contributed by atoms with van der Waals surface area (Å²) in [5.41, 5.74) is 4.03. The van der Waals surface area contributed by atoms with Crippen LogP contribution in [0.1, 0.15) is 24.4 Å². The lowest BCUT2D eigenvalue weighted by Crippen LogP contribution is -2.12. The molecule has 0 spiro atoms. The quantitative estimate of drug-likeness (QED) is 0.738. The van der Waals surface area contributed by atoms with Crippen LogP contribution >= 0.6 is 0 Å². The Kier molecular flexibility index (Phi) is 3.37. The summed E-state index contributed by atoms with van der Waals surface area (Å²) < 4.78 is 2.12. The minimum Gasteiger partial charge on any atom is -0.375 e. The number of terminal acetylenes is 1. The summed E-state index contributed by atoms with van der Waals surface area (Å²) in [7, 11) is 2.04. The number of aryl methyl sites for hydroxylation is 1. The number of benzene rings is 2. The van der Waals surface area contributed by atoms with Crippen molar-refractivity contribution in [2.75, 3.05) is 5.32 Å². The molecule has 0 aliphatic heterocycles. The Morgan fingerprint density at radius 3 is 2.76 bits per heavy atom. The van der Waals surface area contributed by atoms with Crippen molar-refractivity contribution in [2.45, 2.75) is 13.0 Å². The number of para-hydroxylation sites is 2. The van der Waals surface area contributed by atoms with Gasteiger partial charge in [0.05, 0.1) is 17.1 Å². The van der Waals surface area contributed by atoms with E-state index in [1.54, 1.807) is 0 Å². The zero-order chi connectivity index (χ0) is 14.8. The smallest absolute Gasteiger partial charge is 0.131 e. The SMILES string of the molecule is C#Cc1cccc(NC(C)c2nc3ccccc3n2C)c1. The third-order valence-electron chi connectivity index (χ3n) is 3.62. The second-order valence-electron chi connectivity index (χ2n) is 5.11. The third kappa shape index (κ3) is 2.48. The highest BCUT2D eigenvalue weighted by molar-refractivity contribution is 5.76. The van der Waals surface area contributed by atoms with Gasteiger partial charge in [0.1, 0.15) is 5.82 Å². The molecule has 2 aromatic carbocycles. The lowest BCUT2D eigenvalue weighted by molar-refractivity contribution is 0.734. The normalized spacial score (nSPS) is 12.0. The maximum atomic E-state index is 5.44. The first kappa shape index (κ1) is 13.3. The van der Waals surface area contributed by atoms with Crippen LogP contribution in [0, 0.1) is 12.3 Å².